The Labute approximate surface area is 212 Å². The van der Waals surface area contributed by atoms with Crippen LogP contribution in [0.2, 0.25) is 0 Å². The molecule has 3 heterocycles. The third kappa shape index (κ3) is 5.31. The minimum absolute atomic E-state index is 0.0632. The highest BCUT2D eigenvalue weighted by molar-refractivity contribution is 7.92. The zero-order valence-electron chi connectivity index (χ0n) is 19.8. The van der Waals surface area contributed by atoms with Crippen molar-refractivity contribution in [3.05, 3.63) is 71.7 Å². The Morgan fingerprint density at radius 3 is 2.30 bits per heavy atom. The van der Waals surface area contributed by atoms with Crippen molar-refractivity contribution in [1.82, 2.24) is 15.3 Å². The lowest BCUT2D eigenvalue weighted by Gasteiger charge is -2.29. The summed E-state index contributed by atoms with van der Waals surface area (Å²) in [6, 6.07) is 10.6. The molecule has 1 fully saturated rings. The molecule has 0 unspecified atom stereocenters. The zero-order chi connectivity index (χ0) is 26.2. The highest BCUT2D eigenvalue weighted by atomic mass is 32.2. The second-order valence-electron chi connectivity index (χ2n) is 9.34. The van der Waals surface area contributed by atoms with E-state index in [-0.39, 0.29) is 16.8 Å². The molecule has 0 bridgehead atoms. The van der Waals surface area contributed by atoms with Crippen molar-refractivity contribution < 1.29 is 26.4 Å². The van der Waals surface area contributed by atoms with Crippen molar-refractivity contribution in [2.24, 2.45) is 0 Å². The van der Waals surface area contributed by atoms with Crippen molar-refractivity contribution in [3.63, 3.8) is 0 Å². The van der Waals surface area contributed by atoms with Crippen molar-refractivity contribution in [1.29, 1.82) is 0 Å². The first kappa shape index (κ1) is 25.2. The van der Waals surface area contributed by atoms with E-state index in [0.717, 1.165) is 29.1 Å². The van der Waals surface area contributed by atoms with Gasteiger partial charge in [-0.2, -0.15) is 13.2 Å². The van der Waals surface area contributed by atoms with Gasteiger partial charge in [0, 0.05) is 37.0 Å². The van der Waals surface area contributed by atoms with Crippen LogP contribution in [-0.4, -0.2) is 42.1 Å². The maximum absolute atomic E-state index is 13.3. The van der Waals surface area contributed by atoms with Crippen LogP contribution >= 0.6 is 0 Å². The van der Waals surface area contributed by atoms with E-state index in [1.165, 1.54) is 6.07 Å². The normalized spacial score (nSPS) is 20.1. The second kappa shape index (κ2) is 9.77. The van der Waals surface area contributed by atoms with Crippen molar-refractivity contribution >= 4 is 21.6 Å². The number of amides is 1. The van der Waals surface area contributed by atoms with Crippen LogP contribution in [0.1, 0.15) is 47.3 Å². The number of fused-ring (bicyclic) bond motifs is 1. The van der Waals surface area contributed by atoms with Gasteiger partial charge in [0.05, 0.1) is 27.0 Å². The lowest BCUT2D eigenvalue weighted by molar-refractivity contribution is -0.137. The number of carbonyl (C=O) groups is 1. The maximum Gasteiger partial charge on any atom is 0.417 e. The highest BCUT2D eigenvalue weighted by Gasteiger charge is 2.33. The van der Waals surface area contributed by atoms with Gasteiger partial charge in [-0.25, -0.2) is 13.4 Å². The highest BCUT2D eigenvalue weighted by Crippen LogP contribution is 2.32. The summed E-state index contributed by atoms with van der Waals surface area (Å²) in [5.41, 5.74) is 1.99. The van der Waals surface area contributed by atoms with Gasteiger partial charge in [-0.15, -0.1) is 0 Å². The van der Waals surface area contributed by atoms with E-state index in [2.05, 4.69) is 20.6 Å². The van der Waals surface area contributed by atoms with E-state index in [0.29, 0.717) is 50.0 Å². The molecule has 2 aliphatic rings. The van der Waals surface area contributed by atoms with Crippen LogP contribution in [0.4, 0.5) is 19.0 Å². The molecule has 0 saturated heterocycles. The molecule has 1 aliphatic heterocycles. The summed E-state index contributed by atoms with van der Waals surface area (Å²) in [6.45, 7) is 0.564. The minimum atomic E-state index is -4.44. The number of rotatable bonds is 5. The van der Waals surface area contributed by atoms with Gasteiger partial charge >= 0.3 is 6.18 Å². The number of alkyl halides is 3. The van der Waals surface area contributed by atoms with Crippen LogP contribution < -0.4 is 10.6 Å². The lowest BCUT2D eigenvalue weighted by Crippen LogP contribution is -2.33. The van der Waals surface area contributed by atoms with E-state index in [9.17, 15) is 26.4 Å². The Hall–Kier alpha value is -3.47. The topological polar surface area (TPSA) is 101 Å². The standard InChI is InChI=1S/C26H25F3N4O3S/c27-26(28,29)18-3-10-24(32-15-18)33-19-4-8-21(9-5-19)37(35,36)20-6-1-16(2-7-20)17-13-22-23(31-14-17)11-12-30-25(22)34/h1-3,6-7,10,13-15,19,21H,4-5,8-9,11-12H2,(H,30,34)(H,32,33). The molecule has 194 valence electrons. The van der Waals surface area contributed by atoms with Gasteiger partial charge in [0.1, 0.15) is 5.82 Å². The number of nitrogens with zero attached hydrogens (tertiary/aromatic N) is 2. The third-order valence-corrected chi connectivity index (χ3v) is 9.21. The Balaban J connectivity index is 1.22. The number of sulfone groups is 1. The number of pyridine rings is 2. The van der Waals surface area contributed by atoms with E-state index in [4.69, 9.17) is 0 Å². The van der Waals surface area contributed by atoms with Crippen molar-refractivity contribution in [2.45, 2.75) is 54.5 Å². The van der Waals surface area contributed by atoms with Gasteiger partial charge in [0.25, 0.3) is 5.91 Å². The van der Waals surface area contributed by atoms with Gasteiger partial charge in [0.2, 0.25) is 0 Å². The molecule has 37 heavy (non-hydrogen) atoms. The molecule has 1 aromatic carbocycles. The first-order chi connectivity index (χ1) is 17.6. The lowest BCUT2D eigenvalue weighted by atomic mass is 9.95. The largest absolute Gasteiger partial charge is 0.417 e. The van der Waals surface area contributed by atoms with Crippen LogP contribution in [0.5, 0.6) is 0 Å². The predicted molar refractivity (Wildman–Crippen MR) is 132 cm³/mol. The van der Waals surface area contributed by atoms with Gasteiger partial charge < -0.3 is 10.6 Å². The fraction of sp³-hybridized carbons (Fsp3) is 0.346. The first-order valence-corrected chi connectivity index (χ1v) is 13.6. The molecule has 1 saturated carbocycles. The Morgan fingerprint density at radius 1 is 0.919 bits per heavy atom. The average Bonchev–Trinajstić information content (AvgIpc) is 2.89. The number of nitrogens with one attached hydrogen (secondary N) is 2. The summed E-state index contributed by atoms with van der Waals surface area (Å²) < 4.78 is 64.7. The van der Waals surface area contributed by atoms with Gasteiger partial charge in [-0.1, -0.05) is 12.1 Å². The summed E-state index contributed by atoms with van der Waals surface area (Å²) in [4.78, 5) is 20.6. The number of hydrogen-bond donors (Lipinski definition) is 2. The average molecular weight is 531 g/mol. The van der Waals surface area contributed by atoms with Crippen LogP contribution in [0.15, 0.2) is 59.8 Å². The van der Waals surface area contributed by atoms with E-state index < -0.39 is 26.8 Å². The minimum Gasteiger partial charge on any atom is -0.367 e. The molecule has 2 aromatic heterocycles. The number of aromatic nitrogens is 2. The summed E-state index contributed by atoms with van der Waals surface area (Å²) >= 11 is 0. The van der Waals surface area contributed by atoms with Gasteiger partial charge in [-0.3, -0.25) is 9.78 Å². The van der Waals surface area contributed by atoms with Gasteiger partial charge in [0.15, 0.2) is 9.84 Å². The molecule has 1 aliphatic carbocycles. The molecule has 0 atom stereocenters. The number of carbonyl (C=O) groups excluding carboxylic acids is 1. The smallest absolute Gasteiger partial charge is 0.367 e. The quantitative estimate of drug-likeness (QED) is 0.498. The molecule has 1 amide bonds. The molecule has 0 radical (unpaired) electrons. The summed E-state index contributed by atoms with van der Waals surface area (Å²) in [6.07, 6.45) is 0.721. The van der Waals surface area contributed by atoms with Crippen LogP contribution in [0.25, 0.3) is 11.1 Å². The molecular formula is C26H25F3N4O3S. The van der Waals surface area contributed by atoms with Crippen LogP contribution in [0, 0.1) is 0 Å². The zero-order valence-corrected chi connectivity index (χ0v) is 20.6. The summed E-state index contributed by atoms with van der Waals surface area (Å²) in [7, 11) is -3.55. The monoisotopic (exact) mass is 530 g/mol. The Morgan fingerprint density at radius 2 is 1.65 bits per heavy atom. The predicted octanol–water partition coefficient (Wildman–Crippen LogP) is 4.65. The summed E-state index contributed by atoms with van der Waals surface area (Å²) in [5, 5.41) is 5.38. The SMILES string of the molecule is O=C1NCCc2ncc(-c3ccc(S(=O)(=O)C4CCC(Nc5ccc(C(F)(F)F)cn5)CC4)cc3)cc21. The number of benzene rings is 1. The van der Waals surface area contributed by atoms with Gasteiger partial charge in [-0.05, 0) is 61.6 Å². The maximum atomic E-state index is 13.3. The van der Waals surface area contributed by atoms with E-state index in [1.807, 2.05) is 0 Å². The van der Waals surface area contributed by atoms with E-state index in [1.54, 1.807) is 36.5 Å². The van der Waals surface area contributed by atoms with Crippen LogP contribution in [0.3, 0.4) is 0 Å². The third-order valence-electron chi connectivity index (χ3n) is 6.93. The van der Waals surface area contributed by atoms with Crippen molar-refractivity contribution in [2.75, 3.05) is 11.9 Å². The first-order valence-electron chi connectivity index (χ1n) is 12.0. The number of halogens is 3. The summed E-state index contributed by atoms with van der Waals surface area (Å²) in [5.74, 6) is 0.179. The molecule has 7 nitrogen and oxygen atoms in total. The number of hydrogen-bond acceptors (Lipinski definition) is 6. The second-order valence-corrected chi connectivity index (χ2v) is 11.6. The molecule has 11 heteroatoms. The number of anilines is 1. The van der Waals surface area contributed by atoms with Crippen LogP contribution in [-0.2, 0) is 22.4 Å². The molecule has 3 aromatic rings. The van der Waals surface area contributed by atoms with Crippen molar-refractivity contribution in [3.8, 4) is 11.1 Å². The van der Waals surface area contributed by atoms with E-state index >= 15 is 0 Å². The fourth-order valence-corrected chi connectivity index (χ4v) is 6.63. The Bertz CT molecular complexity index is 1400. The molecule has 0 spiro atoms. The molecule has 2 N–H and O–H groups in total. The molecular weight excluding hydrogens is 505 g/mol. The fourth-order valence-electron chi connectivity index (χ4n) is 4.84. The molecule has 5 rings (SSSR count). The Kier molecular flexibility index (Phi) is 6.65.